The van der Waals surface area contributed by atoms with E-state index in [-0.39, 0.29) is 35.7 Å². The molecule has 0 aliphatic heterocycles. The highest BCUT2D eigenvalue weighted by Crippen LogP contribution is 2.37. The third kappa shape index (κ3) is 4.98. The second-order valence-corrected chi connectivity index (χ2v) is 10.1. The van der Waals surface area contributed by atoms with Crippen LogP contribution in [0.2, 0.25) is 0 Å². The summed E-state index contributed by atoms with van der Waals surface area (Å²) in [6.07, 6.45) is -4.75. The first-order valence-corrected chi connectivity index (χ1v) is 13.1. The van der Waals surface area contributed by atoms with Gasteiger partial charge in [0.05, 0.1) is 24.3 Å². The average molecular weight is 605 g/mol. The molecule has 0 radical (unpaired) electrons. The molecular weight excluding hydrogens is 585 g/mol. The van der Waals surface area contributed by atoms with E-state index < -0.39 is 17.4 Å². The third-order valence-electron chi connectivity index (χ3n) is 6.53. The van der Waals surface area contributed by atoms with Gasteiger partial charge in [-0.15, -0.1) is 0 Å². The molecule has 0 N–H and O–H groups in total. The van der Waals surface area contributed by atoms with Crippen molar-refractivity contribution >= 4 is 27.1 Å². The minimum atomic E-state index is -4.75. The van der Waals surface area contributed by atoms with E-state index in [1.165, 1.54) is 4.57 Å². The van der Waals surface area contributed by atoms with Gasteiger partial charge in [0.2, 0.25) is 0 Å². The van der Waals surface area contributed by atoms with Crippen molar-refractivity contribution in [2.24, 2.45) is 0 Å². The monoisotopic (exact) mass is 604 g/mol. The molecule has 0 bridgehead atoms. The summed E-state index contributed by atoms with van der Waals surface area (Å²) in [5, 5.41) is 4.07. The Bertz CT molecular complexity index is 1860. The first-order valence-electron chi connectivity index (χ1n) is 12.3. The summed E-state index contributed by atoms with van der Waals surface area (Å²) in [5.41, 5.74) is 0.696. The summed E-state index contributed by atoms with van der Waals surface area (Å²) in [7, 11) is 0. The molecule has 10 heteroatoms. The molecule has 0 aliphatic carbocycles. The molecule has 6 nitrogen and oxygen atoms in total. The predicted octanol–water partition coefficient (Wildman–Crippen LogP) is 7.40. The molecule has 6 rings (SSSR count). The van der Waals surface area contributed by atoms with Gasteiger partial charge in [-0.1, -0.05) is 93.9 Å². The van der Waals surface area contributed by atoms with E-state index >= 15 is 0 Å². The molecular formula is C30H20BrF3N4O2. The largest absolute Gasteiger partial charge is 0.418 e. The van der Waals surface area contributed by atoms with Crippen LogP contribution < -0.4 is 5.69 Å². The lowest BCUT2D eigenvalue weighted by Crippen LogP contribution is -2.25. The Kier molecular flexibility index (Phi) is 6.63. The predicted molar refractivity (Wildman–Crippen MR) is 149 cm³/mol. The zero-order valence-electron chi connectivity index (χ0n) is 20.8. The molecule has 3 aromatic heterocycles. The molecule has 0 spiro atoms. The minimum Gasteiger partial charge on any atom is -0.359 e. The van der Waals surface area contributed by atoms with E-state index in [9.17, 15) is 18.0 Å². The highest BCUT2D eigenvalue weighted by molar-refractivity contribution is 9.10. The fourth-order valence-corrected chi connectivity index (χ4v) is 4.90. The normalized spacial score (nSPS) is 11.8. The molecule has 0 aliphatic rings. The maximum absolute atomic E-state index is 14.6. The van der Waals surface area contributed by atoms with Gasteiger partial charge in [0, 0.05) is 21.7 Å². The Labute approximate surface area is 234 Å². The van der Waals surface area contributed by atoms with Crippen LogP contribution in [-0.2, 0) is 19.3 Å². The molecule has 40 heavy (non-hydrogen) atoms. The van der Waals surface area contributed by atoms with Crippen molar-refractivity contribution in [2.75, 3.05) is 0 Å². The van der Waals surface area contributed by atoms with Crippen LogP contribution >= 0.6 is 15.9 Å². The fourth-order valence-electron chi connectivity index (χ4n) is 4.64. The Balaban J connectivity index is 1.54. The fraction of sp³-hybridized carbons (Fsp3) is 0.100. The molecule has 0 atom stereocenters. The Hall–Kier alpha value is -4.44. The Morgan fingerprint density at radius 2 is 1.43 bits per heavy atom. The number of pyridine rings is 1. The molecule has 0 amide bonds. The molecule has 200 valence electrons. The molecule has 0 fully saturated rings. The van der Waals surface area contributed by atoms with Crippen LogP contribution in [0.25, 0.3) is 33.7 Å². The summed E-state index contributed by atoms with van der Waals surface area (Å²) in [6.45, 7) is -0.206. The Morgan fingerprint density at radius 3 is 2.10 bits per heavy atom. The van der Waals surface area contributed by atoms with Gasteiger partial charge in [-0.3, -0.25) is 9.13 Å². The highest BCUT2D eigenvalue weighted by atomic mass is 79.9. The minimum absolute atomic E-state index is 0.0479. The van der Waals surface area contributed by atoms with Crippen LogP contribution in [-0.4, -0.2) is 19.3 Å². The number of benzene rings is 3. The highest BCUT2D eigenvalue weighted by Gasteiger charge is 2.37. The second kappa shape index (κ2) is 10.3. The van der Waals surface area contributed by atoms with E-state index in [1.807, 2.05) is 54.6 Å². The number of halogens is 4. The van der Waals surface area contributed by atoms with Crippen molar-refractivity contribution in [2.45, 2.75) is 19.3 Å². The van der Waals surface area contributed by atoms with Crippen LogP contribution in [0.1, 0.15) is 16.9 Å². The van der Waals surface area contributed by atoms with Gasteiger partial charge in [-0.25, -0.2) is 9.78 Å². The van der Waals surface area contributed by atoms with Crippen LogP contribution in [0.3, 0.4) is 0 Å². The second-order valence-electron chi connectivity index (χ2n) is 9.22. The summed E-state index contributed by atoms with van der Waals surface area (Å²) in [5.74, 6) is 0.235. The average Bonchev–Trinajstić information content (AvgIpc) is 3.52. The van der Waals surface area contributed by atoms with Crippen molar-refractivity contribution < 1.29 is 17.7 Å². The lowest BCUT2D eigenvalue weighted by Gasteiger charge is -2.13. The van der Waals surface area contributed by atoms with Gasteiger partial charge in [0.25, 0.3) is 0 Å². The van der Waals surface area contributed by atoms with Crippen molar-refractivity contribution in [3.63, 3.8) is 0 Å². The number of alkyl halides is 3. The van der Waals surface area contributed by atoms with Crippen LogP contribution in [0.4, 0.5) is 13.2 Å². The van der Waals surface area contributed by atoms with Crippen LogP contribution in [0.15, 0.2) is 111 Å². The third-order valence-corrected chi connectivity index (χ3v) is 7.06. The summed E-state index contributed by atoms with van der Waals surface area (Å²) in [6, 6.07) is 27.6. The zero-order valence-corrected chi connectivity index (χ0v) is 22.4. The number of fused-ring (bicyclic) bond motifs is 1. The topological polar surface area (TPSA) is 65.8 Å². The van der Waals surface area contributed by atoms with Crippen molar-refractivity contribution in [1.82, 2.24) is 19.3 Å². The van der Waals surface area contributed by atoms with Gasteiger partial charge < -0.3 is 4.52 Å². The first-order chi connectivity index (χ1) is 19.3. The van der Waals surface area contributed by atoms with Crippen LogP contribution in [0, 0.1) is 0 Å². The maximum atomic E-state index is 14.6. The van der Waals surface area contributed by atoms with Crippen LogP contribution in [0.5, 0.6) is 0 Å². The first kappa shape index (κ1) is 25.8. The lowest BCUT2D eigenvalue weighted by atomic mass is 10.1. The molecule has 3 heterocycles. The molecule has 3 aromatic carbocycles. The van der Waals surface area contributed by atoms with Gasteiger partial charge >= 0.3 is 11.9 Å². The molecule has 0 saturated heterocycles. The molecule has 6 aromatic rings. The number of rotatable bonds is 6. The van der Waals surface area contributed by atoms with Crippen molar-refractivity contribution in [3.8, 4) is 22.5 Å². The smallest absolute Gasteiger partial charge is 0.359 e. The van der Waals surface area contributed by atoms with Gasteiger partial charge in [0.1, 0.15) is 11.2 Å². The number of imidazole rings is 1. The summed E-state index contributed by atoms with van der Waals surface area (Å²) in [4.78, 5) is 18.4. The SMILES string of the molecule is O=c1n(Cc2ccccc2)c2nc(-c3ccccc3)cc(C(F)(F)F)c2n1Cc1cc(-c2ccc(Br)cc2)no1. The van der Waals surface area contributed by atoms with Gasteiger partial charge in [-0.2, -0.15) is 13.2 Å². The number of hydrogen-bond donors (Lipinski definition) is 0. The maximum Gasteiger partial charge on any atom is 0.418 e. The van der Waals surface area contributed by atoms with E-state index in [0.29, 0.717) is 11.3 Å². The number of aromatic nitrogens is 4. The number of nitrogens with zero attached hydrogens (tertiary/aromatic N) is 4. The van der Waals surface area contributed by atoms with Gasteiger partial charge in [0.15, 0.2) is 11.4 Å². The summed E-state index contributed by atoms with van der Waals surface area (Å²) < 4.78 is 52.4. The summed E-state index contributed by atoms with van der Waals surface area (Å²) >= 11 is 3.38. The standard InChI is InChI=1S/C30H20BrF3N4O2/c31-22-13-11-21(12-14-22)26-15-23(40-36-26)18-37-27-24(30(32,33)34)16-25(20-9-5-2-6-10-20)35-28(27)38(29(37)39)17-19-7-3-1-4-8-19/h1-16H,17-18H2. The quantitative estimate of drug-likeness (QED) is 0.199. The van der Waals surface area contributed by atoms with E-state index in [2.05, 4.69) is 26.1 Å². The van der Waals surface area contributed by atoms with Crippen molar-refractivity contribution in [3.05, 3.63) is 129 Å². The van der Waals surface area contributed by atoms with E-state index in [0.717, 1.165) is 26.2 Å². The van der Waals surface area contributed by atoms with E-state index in [1.54, 1.807) is 36.4 Å². The van der Waals surface area contributed by atoms with E-state index in [4.69, 9.17) is 4.52 Å². The van der Waals surface area contributed by atoms with Crippen molar-refractivity contribution in [1.29, 1.82) is 0 Å². The molecule has 0 unspecified atom stereocenters. The lowest BCUT2D eigenvalue weighted by molar-refractivity contribution is -0.136. The van der Waals surface area contributed by atoms with Gasteiger partial charge in [-0.05, 0) is 23.8 Å². The Morgan fingerprint density at radius 1 is 0.775 bits per heavy atom. The molecule has 0 saturated carbocycles. The zero-order chi connectivity index (χ0) is 27.9. The number of hydrogen-bond acceptors (Lipinski definition) is 4.